The third-order valence-corrected chi connectivity index (χ3v) is 4.00. The first-order valence-electron chi connectivity index (χ1n) is 6.68. The van der Waals surface area contributed by atoms with Crippen molar-refractivity contribution in [3.8, 4) is 0 Å². The maximum absolute atomic E-state index is 12.6. The van der Waals surface area contributed by atoms with Gasteiger partial charge < -0.3 is 10.1 Å². The van der Waals surface area contributed by atoms with E-state index in [1.807, 2.05) is 0 Å². The highest BCUT2D eigenvalue weighted by Crippen LogP contribution is 2.30. The molecule has 0 fully saturated rings. The van der Waals surface area contributed by atoms with Gasteiger partial charge in [-0.25, -0.2) is 4.79 Å². The van der Waals surface area contributed by atoms with Gasteiger partial charge in [0.1, 0.15) is 6.33 Å². The number of hydrogen-bond donors (Lipinski definition) is 1. The average Bonchev–Trinajstić information content (AvgIpc) is 3.05. The zero-order valence-corrected chi connectivity index (χ0v) is 13.8. The summed E-state index contributed by atoms with van der Waals surface area (Å²) in [6.45, 7) is 0. The van der Waals surface area contributed by atoms with E-state index in [0.29, 0.717) is 5.65 Å². The number of nitrogens with zero attached hydrogens (tertiary/aromatic N) is 3. The van der Waals surface area contributed by atoms with Crippen LogP contribution in [0.15, 0.2) is 36.8 Å². The molecule has 0 aliphatic carbocycles. The van der Waals surface area contributed by atoms with Gasteiger partial charge in [0, 0.05) is 6.20 Å². The van der Waals surface area contributed by atoms with Gasteiger partial charge in [0.15, 0.2) is 5.65 Å². The lowest BCUT2D eigenvalue weighted by atomic mass is 10.1. The van der Waals surface area contributed by atoms with Gasteiger partial charge in [0.05, 0.1) is 34.0 Å². The van der Waals surface area contributed by atoms with Gasteiger partial charge in [-0.1, -0.05) is 23.2 Å². The fourth-order valence-corrected chi connectivity index (χ4v) is 2.47. The van der Waals surface area contributed by atoms with Gasteiger partial charge in [-0.15, -0.1) is 10.2 Å². The van der Waals surface area contributed by atoms with Crippen molar-refractivity contribution in [2.75, 3.05) is 12.4 Å². The summed E-state index contributed by atoms with van der Waals surface area (Å²) in [5.41, 5.74) is 0.947. The van der Waals surface area contributed by atoms with E-state index < -0.39 is 11.9 Å². The fraction of sp³-hybridized carbons (Fsp3) is 0.0667. The number of pyridine rings is 1. The topological polar surface area (TPSA) is 85.6 Å². The molecule has 0 bridgehead atoms. The number of hydrogen-bond acceptors (Lipinski definition) is 5. The Hall–Kier alpha value is -2.64. The van der Waals surface area contributed by atoms with Crippen molar-refractivity contribution in [2.24, 2.45) is 0 Å². The van der Waals surface area contributed by atoms with E-state index in [9.17, 15) is 9.59 Å². The number of ether oxygens (including phenoxy) is 1. The van der Waals surface area contributed by atoms with Crippen LogP contribution in [0, 0.1) is 0 Å². The lowest BCUT2D eigenvalue weighted by Gasteiger charge is -2.11. The quantitative estimate of drug-likeness (QED) is 0.721. The summed E-state index contributed by atoms with van der Waals surface area (Å²) >= 11 is 11.9. The summed E-state index contributed by atoms with van der Waals surface area (Å²) in [6, 6.07) is 6.00. The Morgan fingerprint density at radius 3 is 2.71 bits per heavy atom. The minimum absolute atomic E-state index is 0.0914. The number of carbonyl (C=O) groups is 2. The number of carbonyl (C=O) groups excluding carboxylic acids is 2. The van der Waals surface area contributed by atoms with Crippen molar-refractivity contribution in [3.63, 3.8) is 0 Å². The van der Waals surface area contributed by atoms with Crippen LogP contribution in [0.4, 0.5) is 5.69 Å². The van der Waals surface area contributed by atoms with Crippen molar-refractivity contribution in [1.29, 1.82) is 0 Å². The highest BCUT2D eigenvalue weighted by molar-refractivity contribution is 6.42. The minimum Gasteiger partial charge on any atom is -0.465 e. The zero-order chi connectivity index (χ0) is 17.3. The van der Waals surface area contributed by atoms with Gasteiger partial charge >= 0.3 is 5.97 Å². The van der Waals surface area contributed by atoms with Crippen LogP contribution in [0.2, 0.25) is 10.0 Å². The predicted octanol–water partition coefficient (Wildman–Crippen LogP) is 3.08. The van der Waals surface area contributed by atoms with Gasteiger partial charge in [0.2, 0.25) is 0 Å². The SMILES string of the molecule is COC(=O)c1cc(Cl)c(Cl)cc1NC(=O)c1cccn2cnnc12. The van der Waals surface area contributed by atoms with Crippen LogP contribution < -0.4 is 5.32 Å². The standard InChI is InChI=1S/C15H10Cl2N4O3/c1-24-15(23)9-5-10(16)11(17)6-12(9)19-14(22)8-3-2-4-21-7-18-20-13(8)21/h2-7H,1H3,(H,19,22). The Kier molecular flexibility index (Phi) is 4.37. The molecule has 1 N–H and O–H groups in total. The second-order valence-electron chi connectivity index (χ2n) is 4.74. The number of methoxy groups -OCH3 is 1. The Morgan fingerprint density at radius 1 is 1.21 bits per heavy atom. The third-order valence-electron chi connectivity index (χ3n) is 3.28. The Labute approximate surface area is 146 Å². The third kappa shape index (κ3) is 2.91. The summed E-state index contributed by atoms with van der Waals surface area (Å²) in [7, 11) is 1.23. The molecule has 1 aromatic carbocycles. The molecule has 3 aromatic rings. The lowest BCUT2D eigenvalue weighted by Crippen LogP contribution is -2.16. The summed E-state index contributed by atoms with van der Waals surface area (Å²) in [6.07, 6.45) is 3.19. The number of nitrogens with one attached hydrogen (secondary N) is 1. The maximum Gasteiger partial charge on any atom is 0.340 e. The number of esters is 1. The molecule has 1 amide bonds. The molecule has 0 unspecified atom stereocenters. The van der Waals surface area contributed by atoms with E-state index in [4.69, 9.17) is 27.9 Å². The van der Waals surface area contributed by atoms with Gasteiger partial charge in [-0.2, -0.15) is 0 Å². The largest absolute Gasteiger partial charge is 0.465 e. The lowest BCUT2D eigenvalue weighted by molar-refractivity contribution is 0.0602. The van der Waals surface area contributed by atoms with E-state index >= 15 is 0 Å². The first-order valence-corrected chi connectivity index (χ1v) is 7.44. The number of fused-ring (bicyclic) bond motifs is 1. The highest BCUT2D eigenvalue weighted by Gasteiger charge is 2.19. The fourth-order valence-electron chi connectivity index (χ4n) is 2.15. The number of halogens is 2. The van der Waals surface area contributed by atoms with Crippen molar-refractivity contribution >= 4 is 46.4 Å². The highest BCUT2D eigenvalue weighted by atomic mass is 35.5. The van der Waals surface area contributed by atoms with Gasteiger partial charge in [-0.05, 0) is 24.3 Å². The number of aromatic nitrogens is 3. The van der Waals surface area contributed by atoms with Crippen LogP contribution >= 0.6 is 23.2 Å². The molecule has 122 valence electrons. The van der Waals surface area contributed by atoms with E-state index in [1.165, 1.54) is 25.6 Å². The molecular formula is C15H10Cl2N4O3. The van der Waals surface area contributed by atoms with E-state index in [-0.39, 0.29) is 26.9 Å². The molecule has 2 heterocycles. The number of benzene rings is 1. The average molecular weight is 365 g/mol. The van der Waals surface area contributed by atoms with Crippen molar-refractivity contribution in [1.82, 2.24) is 14.6 Å². The summed E-state index contributed by atoms with van der Waals surface area (Å²) < 4.78 is 6.30. The van der Waals surface area contributed by atoms with Crippen molar-refractivity contribution in [2.45, 2.75) is 0 Å². The molecule has 0 saturated carbocycles. The van der Waals surface area contributed by atoms with Crippen LogP contribution in [-0.2, 0) is 4.74 Å². The number of anilines is 1. The molecule has 0 aliphatic rings. The molecule has 0 saturated heterocycles. The van der Waals surface area contributed by atoms with Gasteiger partial charge in [-0.3, -0.25) is 9.20 Å². The molecule has 24 heavy (non-hydrogen) atoms. The molecule has 0 aliphatic heterocycles. The molecular weight excluding hydrogens is 355 g/mol. The number of rotatable bonds is 3. The monoisotopic (exact) mass is 364 g/mol. The first kappa shape index (κ1) is 16.2. The molecule has 9 heteroatoms. The van der Waals surface area contributed by atoms with Crippen LogP contribution in [0.3, 0.4) is 0 Å². The number of amides is 1. The summed E-state index contributed by atoms with van der Waals surface area (Å²) in [5, 5.41) is 10.7. The predicted molar refractivity (Wildman–Crippen MR) is 88.7 cm³/mol. The maximum atomic E-state index is 12.6. The normalized spacial score (nSPS) is 10.6. The van der Waals surface area contributed by atoms with Crippen LogP contribution in [0.25, 0.3) is 5.65 Å². The van der Waals surface area contributed by atoms with Crippen LogP contribution in [0.1, 0.15) is 20.7 Å². The zero-order valence-electron chi connectivity index (χ0n) is 12.3. The minimum atomic E-state index is -0.649. The van der Waals surface area contributed by atoms with E-state index in [1.54, 1.807) is 22.7 Å². The smallest absolute Gasteiger partial charge is 0.340 e. The Morgan fingerprint density at radius 2 is 1.96 bits per heavy atom. The molecule has 3 rings (SSSR count). The first-order chi connectivity index (χ1) is 11.5. The van der Waals surface area contributed by atoms with E-state index in [2.05, 4.69) is 15.5 Å². The summed E-state index contributed by atoms with van der Waals surface area (Å²) in [4.78, 5) is 24.5. The van der Waals surface area contributed by atoms with Crippen molar-refractivity contribution < 1.29 is 14.3 Å². The summed E-state index contributed by atoms with van der Waals surface area (Å²) in [5.74, 6) is -1.12. The molecule has 0 spiro atoms. The molecule has 7 nitrogen and oxygen atoms in total. The second-order valence-corrected chi connectivity index (χ2v) is 5.56. The second kappa shape index (κ2) is 6.46. The Balaban J connectivity index is 2.01. The van der Waals surface area contributed by atoms with Crippen molar-refractivity contribution in [3.05, 3.63) is 58.0 Å². The van der Waals surface area contributed by atoms with Crippen LogP contribution in [-0.4, -0.2) is 33.6 Å². The van der Waals surface area contributed by atoms with Gasteiger partial charge in [0.25, 0.3) is 5.91 Å². The Bertz CT molecular complexity index is 955. The van der Waals surface area contributed by atoms with Crippen LogP contribution in [0.5, 0.6) is 0 Å². The molecule has 2 aromatic heterocycles. The molecule has 0 atom stereocenters. The molecule has 0 radical (unpaired) electrons. The van der Waals surface area contributed by atoms with E-state index in [0.717, 1.165) is 0 Å².